The van der Waals surface area contributed by atoms with Crippen molar-refractivity contribution in [2.45, 2.75) is 26.7 Å². The molecule has 1 fully saturated rings. The zero-order valence-electron chi connectivity index (χ0n) is 16.3. The molecule has 0 amide bonds. The van der Waals surface area contributed by atoms with Gasteiger partial charge >= 0.3 is 5.97 Å². The summed E-state index contributed by atoms with van der Waals surface area (Å²) in [6, 6.07) is 5.03. The average Bonchev–Trinajstić information content (AvgIpc) is 3.13. The standard InChI is InChI=1S/C19H23N5O4S/c1-3-28-18(25)15-6-8-23(9-7-15)16-5-4-14(10-17(16)24(26)27)11-20-22-19-21-13(2)12-29-19/h4-5,10-12,15H,3,6-9H2,1-2H3,(H,21,22). The van der Waals surface area contributed by atoms with Crippen LogP contribution in [-0.4, -0.2) is 41.8 Å². The first-order valence-electron chi connectivity index (χ1n) is 9.39. The summed E-state index contributed by atoms with van der Waals surface area (Å²) in [5.74, 6) is -0.326. The zero-order valence-corrected chi connectivity index (χ0v) is 17.1. The van der Waals surface area contributed by atoms with Crippen LogP contribution in [0.5, 0.6) is 0 Å². The van der Waals surface area contributed by atoms with E-state index in [0.29, 0.717) is 48.9 Å². The molecule has 3 rings (SSSR count). The number of carbonyl (C=O) groups excluding carboxylic acids is 1. The third-order valence-electron chi connectivity index (χ3n) is 4.64. The number of piperidine rings is 1. The summed E-state index contributed by atoms with van der Waals surface area (Å²) in [7, 11) is 0. The summed E-state index contributed by atoms with van der Waals surface area (Å²) >= 11 is 1.44. The van der Waals surface area contributed by atoms with Crippen LogP contribution in [0.3, 0.4) is 0 Å². The van der Waals surface area contributed by atoms with Crippen LogP contribution in [0.4, 0.5) is 16.5 Å². The summed E-state index contributed by atoms with van der Waals surface area (Å²) in [6.45, 7) is 5.19. The minimum atomic E-state index is -0.387. The first-order chi connectivity index (χ1) is 14.0. The number of benzene rings is 1. The highest BCUT2D eigenvalue weighted by atomic mass is 32.1. The molecule has 0 radical (unpaired) electrons. The fourth-order valence-electron chi connectivity index (χ4n) is 3.22. The van der Waals surface area contributed by atoms with Crippen molar-refractivity contribution in [2.75, 3.05) is 30.0 Å². The SMILES string of the molecule is CCOC(=O)C1CCN(c2ccc(C=NNc3nc(C)cs3)cc2[N+](=O)[O-])CC1. The number of esters is 1. The second kappa shape index (κ2) is 9.46. The molecule has 0 saturated carbocycles. The van der Waals surface area contributed by atoms with Crippen molar-refractivity contribution >= 4 is 40.0 Å². The van der Waals surface area contributed by atoms with Crippen LogP contribution in [0.15, 0.2) is 28.7 Å². The highest BCUT2D eigenvalue weighted by Crippen LogP contribution is 2.32. The Bertz CT molecular complexity index is 906. The number of aryl methyl sites for hydroxylation is 1. The van der Waals surface area contributed by atoms with E-state index < -0.39 is 0 Å². The van der Waals surface area contributed by atoms with Crippen LogP contribution < -0.4 is 10.3 Å². The molecule has 0 spiro atoms. The van der Waals surface area contributed by atoms with E-state index in [-0.39, 0.29) is 22.5 Å². The van der Waals surface area contributed by atoms with E-state index in [0.717, 1.165) is 5.69 Å². The molecule has 2 heterocycles. The van der Waals surface area contributed by atoms with Crippen molar-refractivity contribution in [3.63, 3.8) is 0 Å². The summed E-state index contributed by atoms with van der Waals surface area (Å²) in [5.41, 5.74) is 4.91. The number of aromatic nitrogens is 1. The number of nitrogens with one attached hydrogen (secondary N) is 1. The van der Waals surface area contributed by atoms with Crippen molar-refractivity contribution in [3.05, 3.63) is 45.0 Å². The molecule has 0 bridgehead atoms. The monoisotopic (exact) mass is 417 g/mol. The van der Waals surface area contributed by atoms with Crippen molar-refractivity contribution in [1.29, 1.82) is 0 Å². The Kier molecular flexibility index (Phi) is 6.76. The molecule has 1 saturated heterocycles. The van der Waals surface area contributed by atoms with Crippen LogP contribution in [0.1, 0.15) is 31.0 Å². The van der Waals surface area contributed by atoms with E-state index in [4.69, 9.17) is 4.74 Å². The van der Waals surface area contributed by atoms with Gasteiger partial charge in [-0.2, -0.15) is 5.10 Å². The van der Waals surface area contributed by atoms with Gasteiger partial charge in [-0.1, -0.05) is 6.07 Å². The molecule has 0 unspecified atom stereocenters. The first kappa shape index (κ1) is 20.7. The lowest BCUT2D eigenvalue weighted by Gasteiger charge is -2.32. The molecule has 0 atom stereocenters. The summed E-state index contributed by atoms with van der Waals surface area (Å²) in [6.07, 6.45) is 2.77. The van der Waals surface area contributed by atoms with E-state index in [1.54, 1.807) is 19.1 Å². The minimum absolute atomic E-state index is 0.0219. The Labute approximate surface area is 172 Å². The molecular weight excluding hydrogens is 394 g/mol. The molecule has 1 aromatic heterocycles. The highest BCUT2D eigenvalue weighted by molar-refractivity contribution is 7.13. The number of hydrazone groups is 1. The van der Waals surface area contributed by atoms with Gasteiger partial charge in [0.1, 0.15) is 5.69 Å². The molecule has 1 aliphatic heterocycles. The van der Waals surface area contributed by atoms with Crippen molar-refractivity contribution in [2.24, 2.45) is 11.0 Å². The molecule has 0 aliphatic carbocycles. The number of nitro groups is 1. The Hall–Kier alpha value is -3.01. The Morgan fingerprint density at radius 3 is 2.86 bits per heavy atom. The maximum Gasteiger partial charge on any atom is 0.309 e. The predicted molar refractivity (Wildman–Crippen MR) is 113 cm³/mol. The van der Waals surface area contributed by atoms with E-state index in [2.05, 4.69) is 15.5 Å². The topological polar surface area (TPSA) is 110 Å². The van der Waals surface area contributed by atoms with Crippen LogP contribution in [0.25, 0.3) is 0 Å². The summed E-state index contributed by atoms with van der Waals surface area (Å²) in [5, 5.41) is 18.3. The van der Waals surface area contributed by atoms with Gasteiger partial charge in [-0.05, 0) is 32.8 Å². The number of carbonyl (C=O) groups is 1. The summed E-state index contributed by atoms with van der Waals surface area (Å²) < 4.78 is 5.08. The number of hydrogen-bond donors (Lipinski definition) is 1. The number of thiazole rings is 1. The number of rotatable bonds is 7. The van der Waals surface area contributed by atoms with E-state index >= 15 is 0 Å². The second-order valence-corrected chi connectivity index (χ2v) is 7.54. The number of nitrogens with zero attached hydrogens (tertiary/aromatic N) is 4. The molecule has 1 aromatic carbocycles. The molecule has 154 valence electrons. The van der Waals surface area contributed by atoms with E-state index in [9.17, 15) is 14.9 Å². The van der Waals surface area contributed by atoms with Gasteiger partial charge in [-0.15, -0.1) is 11.3 Å². The Balaban J connectivity index is 1.68. The van der Waals surface area contributed by atoms with Gasteiger partial charge in [0.15, 0.2) is 0 Å². The molecule has 2 aromatic rings. The Morgan fingerprint density at radius 2 is 2.24 bits per heavy atom. The summed E-state index contributed by atoms with van der Waals surface area (Å²) in [4.78, 5) is 29.3. The first-order valence-corrected chi connectivity index (χ1v) is 10.3. The molecular formula is C19H23N5O4S. The normalized spacial score (nSPS) is 14.9. The van der Waals surface area contributed by atoms with Gasteiger partial charge in [0.25, 0.3) is 5.69 Å². The smallest absolute Gasteiger partial charge is 0.309 e. The fraction of sp³-hybridized carbons (Fsp3) is 0.421. The van der Waals surface area contributed by atoms with Crippen molar-refractivity contribution in [3.8, 4) is 0 Å². The molecule has 10 heteroatoms. The number of hydrogen-bond acceptors (Lipinski definition) is 9. The maximum absolute atomic E-state index is 11.9. The minimum Gasteiger partial charge on any atom is -0.466 e. The van der Waals surface area contributed by atoms with Crippen molar-refractivity contribution in [1.82, 2.24) is 4.98 Å². The molecule has 29 heavy (non-hydrogen) atoms. The van der Waals surface area contributed by atoms with Crippen LogP contribution in [0, 0.1) is 23.0 Å². The average molecular weight is 417 g/mol. The number of anilines is 2. The lowest BCUT2D eigenvalue weighted by atomic mass is 9.96. The molecule has 1 aliphatic rings. The van der Waals surface area contributed by atoms with E-state index in [1.165, 1.54) is 23.6 Å². The van der Waals surface area contributed by atoms with Gasteiger partial charge in [0.05, 0.1) is 29.4 Å². The third kappa shape index (κ3) is 5.29. The number of nitro benzene ring substituents is 1. The molecule has 1 N–H and O–H groups in total. The maximum atomic E-state index is 11.9. The lowest BCUT2D eigenvalue weighted by molar-refractivity contribution is -0.384. The van der Waals surface area contributed by atoms with Crippen LogP contribution in [-0.2, 0) is 9.53 Å². The van der Waals surface area contributed by atoms with Gasteiger partial charge < -0.3 is 9.64 Å². The third-order valence-corrected chi connectivity index (χ3v) is 5.51. The quantitative estimate of drug-likeness (QED) is 0.317. The Morgan fingerprint density at radius 1 is 1.48 bits per heavy atom. The van der Waals surface area contributed by atoms with Crippen LogP contribution in [0.2, 0.25) is 0 Å². The fourth-order valence-corrected chi connectivity index (χ4v) is 3.85. The van der Waals surface area contributed by atoms with Crippen molar-refractivity contribution < 1.29 is 14.5 Å². The van der Waals surface area contributed by atoms with Gasteiger partial charge in [-0.25, -0.2) is 4.98 Å². The molecule has 9 nitrogen and oxygen atoms in total. The zero-order chi connectivity index (χ0) is 20.8. The van der Waals surface area contributed by atoms with E-state index in [1.807, 2.05) is 17.2 Å². The highest BCUT2D eigenvalue weighted by Gasteiger charge is 2.29. The second-order valence-electron chi connectivity index (χ2n) is 6.68. The predicted octanol–water partition coefficient (Wildman–Crippen LogP) is 3.59. The largest absolute Gasteiger partial charge is 0.466 e. The van der Waals surface area contributed by atoms with Gasteiger partial charge in [0.2, 0.25) is 5.13 Å². The lowest BCUT2D eigenvalue weighted by Crippen LogP contribution is -2.37. The van der Waals surface area contributed by atoms with Gasteiger partial charge in [0, 0.05) is 30.1 Å². The van der Waals surface area contributed by atoms with Gasteiger partial charge in [-0.3, -0.25) is 20.3 Å². The number of ether oxygens (including phenoxy) is 1. The van der Waals surface area contributed by atoms with Crippen LogP contribution >= 0.6 is 11.3 Å².